The highest BCUT2D eigenvalue weighted by molar-refractivity contribution is 5.38. The lowest BCUT2D eigenvalue weighted by molar-refractivity contribution is 0.305. The van der Waals surface area contributed by atoms with Crippen LogP contribution in [0.5, 0.6) is 5.75 Å². The van der Waals surface area contributed by atoms with Crippen molar-refractivity contribution in [2.45, 2.75) is 32.6 Å². The van der Waals surface area contributed by atoms with E-state index in [0.717, 1.165) is 24.3 Å². The number of aliphatic hydroxyl groups is 1. The largest absolute Gasteiger partial charge is 0.494 e. The lowest BCUT2D eigenvalue weighted by atomic mass is 10.2. The Balaban J connectivity index is 2.37. The number of aliphatic hydroxyl groups excluding tert-OH is 1. The predicted octanol–water partition coefficient (Wildman–Crippen LogP) is 2.99. The minimum absolute atomic E-state index is 0.117. The Morgan fingerprint density at radius 2 is 1.94 bits per heavy atom. The summed E-state index contributed by atoms with van der Waals surface area (Å²) in [7, 11) is 0. The fraction of sp³-hybridized carbons (Fsp3) is 0.467. The van der Waals surface area contributed by atoms with Crippen LogP contribution in [0.4, 0.5) is 0 Å². The molecule has 0 atom stereocenters. The molecule has 0 aliphatic carbocycles. The van der Waals surface area contributed by atoms with E-state index in [0.29, 0.717) is 6.42 Å². The van der Waals surface area contributed by atoms with Crippen molar-refractivity contribution in [2.24, 2.45) is 0 Å². The van der Waals surface area contributed by atoms with E-state index < -0.39 is 0 Å². The molecule has 1 rings (SSSR count). The molecule has 0 spiro atoms. The van der Waals surface area contributed by atoms with Crippen LogP contribution in [0.15, 0.2) is 24.3 Å². The zero-order valence-corrected chi connectivity index (χ0v) is 10.4. The van der Waals surface area contributed by atoms with E-state index >= 15 is 0 Å². The molecule has 17 heavy (non-hydrogen) atoms. The van der Waals surface area contributed by atoms with Crippen LogP contribution in [0.3, 0.4) is 0 Å². The minimum Gasteiger partial charge on any atom is -0.494 e. The van der Waals surface area contributed by atoms with Crippen LogP contribution >= 0.6 is 0 Å². The molecular weight excluding hydrogens is 212 g/mol. The second-order valence-corrected chi connectivity index (χ2v) is 3.86. The van der Waals surface area contributed by atoms with Crippen LogP contribution in [-0.4, -0.2) is 18.3 Å². The Hall–Kier alpha value is -1.46. The number of hydrogen-bond donors (Lipinski definition) is 1. The third kappa shape index (κ3) is 5.99. The summed E-state index contributed by atoms with van der Waals surface area (Å²) in [5.74, 6) is 6.77. The van der Waals surface area contributed by atoms with Crippen molar-refractivity contribution in [2.75, 3.05) is 13.2 Å². The minimum atomic E-state index is 0.117. The van der Waals surface area contributed by atoms with Crippen LogP contribution in [-0.2, 0) is 0 Å². The van der Waals surface area contributed by atoms with Crippen LogP contribution in [0.1, 0.15) is 38.2 Å². The molecule has 0 heterocycles. The number of benzene rings is 1. The highest BCUT2D eigenvalue weighted by Gasteiger charge is 1.93. The van der Waals surface area contributed by atoms with Crippen LogP contribution in [0.25, 0.3) is 0 Å². The second-order valence-electron chi connectivity index (χ2n) is 3.86. The van der Waals surface area contributed by atoms with Crippen molar-refractivity contribution >= 4 is 0 Å². The topological polar surface area (TPSA) is 29.5 Å². The number of unbranched alkanes of at least 4 members (excludes halogenated alkanes) is 2. The molecule has 0 fully saturated rings. The first-order valence-corrected chi connectivity index (χ1v) is 6.19. The standard InChI is InChI=1S/C15H20O2/c1-2-3-6-13-17-15-10-8-14(9-11-15)7-4-5-12-16/h8-11,16H,2-3,5-6,12-13H2,1H3. The monoisotopic (exact) mass is 232 g/mol. The number of hydrogen-bond acceptors (Lipinski definition) is 2. The summed E-state index contributed by atoms with van der Waals surface area (Å²) in [4.78, 5) is 0. The molecule has 92 valence electrons. The summed E-state index contributed by atoms with van der Waals surface area (Å²) >= 11 is 0. The maximum absolute atomic E-state index is 8.61. The normalized spacial score (nSPS) is 9.53. The Morgan fingerprint density at radius 3 is 2.59 bits per heavy atom. The third-order valence-corrected chi connectivity index (χ3v) is 2.34. The van der Waals surface area contributed by atoms with Crippen LogP contribution in [0, 0.1) is 11.8 Å². The van der Waals surface area contributed by atoms with Crippen molar-refractivity contribution in [3.63, 3.8) is 0 Å². The van der Waals surface area contributed by atoms with Gasteiger partial charge >= 0.3 is 0 Å². The van der Waals surface area contributed by atoms with E-state index in [1.807, 2.05) is 24.3 Å². The van der Waals surface area contributed by atoms with Gasteiger partial charge in [-0.15, -0.1) is 0 Å². The van der Waals surface area contributed by atoms with Gasteiger partial charge in [0.05, 0.1) is 13.2 Å². The number of ether oxygens (including phenoxy) is 1. The summed E-state index contributed by atoms with van der Waals surface area (Å²) in [5, 5.41) is 8.61. The number of rotatable bonds is 6. The third-order valence-electron chi connectivity index (χ3n) is 2.34. The predicted molar refractivity (Wildman–Crippen MR) is 70.0 cm³/mol. The fourth-order valence-electron chi connectivity index (χ4n) is 1.40. The van der Waals surface area contributed by atoms with E-state index in [9.17, 15) is 0 Å². The molecule has 2 heteroatoms. The Kier molecular flexibility index (Phi) is 6.93. The Bertz CT molecular complexity index is 357. The molecule has 1 N–H and O–H groups in total. The van der Waals surface area contributed by atoms with Gasteiger partial charge in [0, 0.05) is 12.0 Å². The molecule has 2 nitrogen and oxygen atoms in total. The molecule has 0 aliphatic rings. The van der Waals surface area contributed by atoms with Crippen molar-refractivity contribution in [3.05, 3.63) is 29.8 Å². The van der Waals surface area contributed by atoms with Crippen molar-refractivity contribution in [3.8, 4) is 17.6 Å². The van der Waals surface area contributed by atoms with Gasteiger partial charge in [-0.3, -0.25) is 0 Å². The summed E-state index contributed by atoms with van der Waals surface area (Å²) in [6.45, 7) is 3.08. The molecule has 1 aromatic rings. The van der Waals surface area contributed by atoms with E-state index in [4.69, 9.17) is 9.84 Å². The van der Waals surface area contributed by atoms with Gasteiger partial charge in [-0.1, -0.05) is 31.6 Å². The van der Waals surface area contributed by atoms with Crippen molar-refractivity contribution < 1.29 is 9.84 Å². The first-order chi connectivity index (χ1) is 8.36. The molecule has 1 aromatic carbocycles. The van der Waals surface area contributed by atoms with Crippen LogP contribution < -0.4 is 4.74 Å². The maximum Gasteiger partial charge on any atom is 0.119 e. The van der Waals surface area contributed by atoms with Crippen molar-refractivity contribution in [1.29, 1.82) is 0 Å². The molecular formula is C15H20O2. The van der Waals surface area contributed by atoms with Gasteiger partial charge in [0.2, 0.25) is 0 Å². The van der Waals surface area contributed by atoms with Gasteiger partial charge in [0.25, 0.3) is 0 Å². The van der Waals surface area contributed by atoms with Gasteiger partial charge < -0.3 is 9.84 Å². The van der Waals surface area contributed by atoms with E-state index in [-0.39, 0.29) is 6.61 Å². The average Bonchev–Trinajstić information content (AvgIpc) is 2.37. The summed E-state index contributed by atoms with van der Waals surface area (Å²) in [6, 6.07) is 7.77. The maximum atomic E-state index is 8.61. The molecule has 0 saturated heterocycles. The van der Waals surface area contributed by atoms with Gasteiger partial charge in [-0.05, 0) is 30.7 Å². The molecule has 0 bridgehead atoms. The first kappa shape index (κ1) is 13.6. The average molecular weight is 232 g/mol. The molecule has 0 aliphatic heterocycles. The van der Waals surface area contributed by atoms with Crippen molar-refractivity contribution in [1.82, 2.24) is 0 Å². The van der Waals surface area contributed by atoms with E-state index in [1.54, 1.807) is 0 Å². The fourth-order valence-corrected chi connectivity index (χ4v) is 1.40. The summed E-state index contributed by atoms with van der Waals surface area (Å²) in [5.41, 5.74) is 0.958. The molecule has 0 aromatic heterocycles. The zero-order valence-electron chi connectivity index (χ0n) is 10.4. The van der Waals surface area contributed by atoms with Gasteiger partial charge in [0.1, 0.15) is 5.75 Å². The first-order valence-electron chi connectivity index (χ1n) is 6.19. The molecule has 0 radical (unpaired) electrons. The summed E-state index contributed by atoms with van der Waals surface area (Å²) < 4.78 is 5.60. The Morgan fingerprint density at radius 1 is 1.18 bits per heavy atom. The summed E-state index contributed by atoms with van der Waals surface area (Å²) in [6.07, 6.45) is 4.05. The highest BCUT2D eigenvalue weighted by atomic mass is 16.5. The quantitative estimate of drug-likeness (QED) is 0.603. The van der Waals surface area contributed by atoms with E-state index in [1.165, 1.54) is 12.8 Å². The second kappa shape index (κ2) is 8.66. The molecule has 0 saturated carbocycles. The van der Waals surface area contributed by atoms with Crippen LogP contribution in [0.2, 0.25) is 0 Å². The lowest BCUT2D eigenvalue weighted by Gasteiger charge is -2.05. The smallest absolute Gasteiger partial charge is 0.119 e. The lowest BCUT2D eigenvalue weighted by Crippen LogP contribution is -1.96. The Labute approximate surface area is 104 Å². The molecule has 0 unspecified atom stereocenters. The van der Waals surface area contributed by atoms with E-state index in [2.05, 4.69) is 18.8 Å². The zero-order chi connectivity index (χ0) is 12.3. The SMILES string of the molecule is CCCCCOc1ccc(C#CCCO)cc1. The highest BCUT2D eigenvalue weighted by Crippen LogP contribution is 2.12. The van der Waals surface area contributed by atoms with Gasteiger partial charge in [0.15, 0.2) is 0 Å². The van der Waals surface area contributed by atoms with Gasteiger partial charge in [-0.2, -0.15) is 0 Å². The molecule has 0 amide bonds. The van der Waals surface area contributed by atoms with Gasteiger partial charge in [-0.25, -0.2) is 0 Å².